The van der Waals surface area contributed by atoms with Gasteiger partial charge in [-0.15, -0.1) is 0 Å². The van der Waals surface area contributed by atoms with Gasteiger partial charge in [-0.25, -0.2) is 0 Å². The largest absolute Gasteiger partial charge is 0.378 e. The smallest absolute Gasteiger partial charge is 0.233 e. The molecule has 1 saturated heterocycles. The number of morpholine rings is 1. The molecule has 0 aliphatic carbocycles. The standard InChI is InChI=1S/C30H30N4O2/c1-21-19-25(11-13-31-21)23-3-7-27(8-4-23)33-30(35)22(2)29-20-26(12-14-32-29)24-5-9-28(10-6-24)34-15-17-36-18-16-34/h3-14,19-20,22H,15-18H2,1-2H3,(H,33,35). The molecular weight excluding hydrogens is 448 g/mol. The highest BCUT2D eigenvalue weighted by Gasteiger charge is 2.18. The number of pyridine rings is 2. The van der Waals surface area contributed by atoms with Crippen LogP contribution < -0.4 is 10.2 Å². The second-order valence-corrected chi connectivity index (χ2v) is 9.09. The minimum absolute atomic E-state index is 0.0881. The van der Waals surface area contributed by atoms with Crippen molar-refractivity contribution in [2.45, 2.75) is 19.8 Å². The molecule has 0 spiro atoms. The topological polar surface area (TPSA) is 67.4 Å². The van der Waals surface area contributed by atoms with E-state index in [9.17, 15) is 4.79 Å². The fourth-order valence-electron chi connectivity index (χ4n) is 4.41. The summed E-state index contributed by atoms with van der Waals surface area (Å²) in [6.45, 7) is 7.23. The van der Waals surface area contributed by atoms with Gasteiger partial charge in [-0.1, -0.05) is 24.3 Å². The average molecular weight is 479 g/mol. The van der Waals surface area contributed by atoms with Gasteiger partial charge in [0.25, 0.3) is 0 Å². The molecule has 36 heavy (non-hydrogen) atoms. The van der Waals surface area contributed by atoms with Crippen molar-refractivity contribution in [3.63, 3.8) is 0 Å². The van der Waals surface area contributed by atoms with Crippen molar-refractivity contribution in [3.8, 4) is 22.3 Å². The maximum atomic E-state index is 13.0. The van der Waals surface area contributed by atoms with Crippen molar-refractivity contribution in [1.82, 2.24) is 9.97 Å². The van der Waals surface area contributed by atoms with Gasteiger partial charge in [0, 0.05) is 42.6 Å². The summed E-state index contributed by atoms with van der Waals surface area (Å²) in [5.74, 6) is -0.477. The lowest BCUT2D eigenvalue weighted by molar-refractivity contribution is -0.117. The number of benzene rings is 2. The van der Waals surface area contributed by atoms with Gasteiger partial charge in [0.15, 0.2) is 0 Å². The molecule has 1 aliphatic rings. The fourth-order valence-corrected chi connectivity index (χ4v) is 4.41. The first-order chi connectivity index (χ1) is 17.6. The summed E-state index contributed by atoms with van der Waals surface area (Å²) < 4.78 is 5.45. The van der Waals surface area contributed by atoms with E-state index in [0.29, 0.717) is 0 Å². The quantitative estimate of drug-likeness (QED) is 0.385. The molecule has 1 fully saturated rings. The Labute approximate surface area is 212 Å². The van der Waals surface area contributed by atoms with Gasteiger partial charge in [-0.3, -0.25) is 14.8 Å². The number of amides is 1. The molecule has 3 heterocycles. The van der Waals surface area contributed by atoms with E-state index in [0.717, 1.165) is 65.6 Å². The van der Waals surface area contributed by atoms with E-state index in [1.807, 2.05) is 68.6 Å². The number of carbonyl (C=O) groups excluding carboxylic acids is 1. The van der Waals surface area contributed by atoms with Crippen LogP contribution in [-0.4, -0.2) is 42.2 Å². The Morgan fingerprint density at radius 2 is 1.44 bits per heavy atom. The van der Waals surface area contributed by atoms with Crippen LogP contribution in [0.1, 0.15) is 24.2 Å². The predicted molar refractivity (Wildman–Crippen MR) is 144 cm³/mol. The van der Waals surface area contributed by atoms with E-state index in [4.69, 9.17) is 4.74 Å². The first-order valence-electron chi connectivity index (χ1n) is 12.3. The summed E-state index contributed by atoms with van der Waals surface area (Å²) in [6.07, 6.45) is 3.58. The zero-order chi connectivity index (χ0) is 24.9. The molecule has 0 bridgehead atoms. The lowest BCUT2D eigenvalue weighted by atomic mass is 10.00. The summed E-state index contributed by atoms with van der Waals surface area (Å²) >= 11 is 0. The second-order valence-electron chi connectivity index (χ2n) is 9.09. The number of anilines is 2. The van der Waals surface area contributed by atoms with Crippen molar-refractivity contribution in [1.29, 1.82) is 0 Å². The number of carbonyl (C=O) groups is 1. The van der Waals surface area contributed by atoms with Gasteiger partial charge in [0.2, 0.25) is 5.91 Å². The lowest BCUT2D eigenvalue weighted by Crippen LogP contribution is -2.36. The summed E-state index contributed by atoms with van der Waals surface area (Å²) in [4.78, 5) is 24.1. The number of hydrogen-bond donors (Lipinski definition) is 1. The van der Waals surface area contributed by atoms with Crippen LogP contribution in [0.4, 0.5) is 11.4 Å². The van der Waals surface area contributed by atoms with Gasteiger partial charge in [0.05, 0.1) is 24.8 Å². The number of ether oxygens (including phenoxy) is 1. The number of nitrogens with zero attached hydrogens (tertiary/aromatic N) is 3. The molecule has 6 nitrogen and oxygen atoms in total. The molecule has 6 heteroatoms. The SMILES string of the molecule is Cc1cc(-c2ccc(NC(=O)C(C)c3cc(-c4ccc(N5CCOCC5)cc4)ccn3)cc2)ccn1. The van der Waals surface area contributed by atoms with Gasteiger partial charge in [-0.2, -0.15) is 0 Å². The number of rotatable bonds is 6. The Morgan fingerprint density at radius 1 is 0.833 bits per heavy atom. The van der Waals surface area contributed by atoms with Crippen LogP contribution >= 0.6 is 0 Å². The monoisotopic (exact) mass is 478 g/mol. The fraction of sp³-hybridized carbons (Fsp3) is 0.233. The Bertz CT molecular complexity index is 1330. The maximum Gasteiger partial charge on any atom is 0.233 e. The molecule has 1 aliphatic heterocycles. The van der Waals surface area contributed by atoms with Gasteiger partial charge >= 0.3 is 0 Å². The zero-order valence-corrected chi connectivity index (χ0v) is 20.6. The van der Waals surface area contributed by atoms with E-state index in [-0.39, 0.29) is 11.8 Å². The van der Waals surface area contributed by atoms with E-state index < -0.39 is 0 Å². The van der Waals surface area contributed by atoms with E-state index in [2.05, 4.69) is 44.5 Å². The lowest BCUT2D eigenvalue weighted by Gasteiger charge is -2.28. The first kappa shape index (κ1) is 23.7. The summed E-state index contributed by atoms with van der Waals surface area (Å²) in [5.41, 5.74) is 8.02. The van der Waals surface area contributed by atoms with Crippen LogP contribution in [0.3, 0.4) is 0 Å². The first-order valence-corrected chi connectivity index (χ1v) is 12.3. The van der Waals surface area contributed by atoms with Crippen molar-refractivity contribution in [3.05, 3.63) is 96.6 Å². The minimum atomic E-state index is -0.389. The highest BCUT2D eigenvalue weighted by molar-refractivity contribution is 5.95. The molecule has 0 saturated carbocycles. The van der Waals surface area contributed by atoms with Crippen LogP contribution in [-0.2, 0) is 9.53 Å². The van der Waals surface area contributed by atoms with Crippen molar-refractivity contribution in [2.75, 3.05) is 36.5 Å². The second kappa shape index (κ2) is 10.7. The molecule has 1 atom stereocenters. The molecular formula is C30H30N4O2. The molecule has 2 aromatic carbocycles. The summed E-state index contributed by atoms with van der Waals surface area (Å²) in [7, 11) is 0. The Morgan fingerprint density at radius 3 is 2.11 bits per heavy atom. The third-order valence-electron chi connectivity index (χ3n) is 6.58. The van der Waals surface area contributed by atoms with Crippen molar-refractivity contribution in [2.24, 2.45) is 0 Å². The number of nitrogens with one attached hydrogen (secondary N) is 1. The average Bonchev–Trinajstić information content (AvgIpc) is 2.94. The predicted octanol–water partition coefficient (Wildman–Crippen LogP) is 5.70. The Balaban J connectivity index is 1.26. The summed E-state index contributed by atoms with van der Waals surface area (Å²) in [6, 6.07) is 24.4. The Kier molecular flexibility index (Phi) is 7.05. The Hall–Kier alpha value is -4.03. The summed E-state index contributed by atoms with van der Waals surface area (Å²) in [5, 5.41) is 3.03. The maximum absolute atomic E-state index is 13.0. The molecule has 1 unspecified atom stereocenters. The van der Waals surface area contributed by atoms with E-state index in [1.54, 1.807) is 6.20 Å². The minimum Gasteiger partial charge on any atom is -0.378 e. The molecule has 1 amide bonds. The molecule has 5 rings (SSSR count). The molecule has 4 aromatic rings. The van der Waals surface area contributed by atoms with Gasteiger partial charge in [0.1, 0.15) is 0 Å². The molecule has 1 N–H and O–H groups in total. The third-order valence-corrected chi connectivity index (χ3v) is 6.58. The van der Waals surface area contributed by atoms with Crippen molar-refractivity contribution >= 4 is 17.3 Å². The van der Waals surface area contributed by atoms with Gasteiger partial charge in [-0.05, 0) is 84.6 Å². The normalized spacial score (nSPS) is 14.3. The zero-order valence-electron chi connectivity index (χ0n) is 20.6. The van der Waals surface area contributed by atoms with Crippen LogP contribution in [0.2, 0.25) is 0 Å². The van der Waals surface area contributed by atoms with Crippen molar-refractivity contribution < 1.29 is 9.53 Å². The van der Waals surface area contributed by atoms with Crippen LogP contribution in [0.5, 0.6) is 0 Å². The molecule has 0 radical (unpaired) electrons. The number of aryl methyl sites for hydroxylation is 1. The third kappa shape index (κ3) is 5.44. The number of hydrogen-bond acceptors (Lipinski definition) is 5. The van der Waals surface area contributed by atoms with E-state index in [1.165, 1.54) is 5.69 Å². The number of aromatic nitrogens is 2. The molecule has 2 aromatic heterocycles. The van der Waals surface area contributed by atoms with Crippen LogP contribution in [0.25, 0.3) is 22.3 Å². The van der Waals surface area contributed by atoms with Crippen LogP contribution in [0, 0.1) is 6.92 Å². The highest BCUT2D eigenvalue weighted by Crippen LogP contribution is 2.27. The highest BCUT2D eigenvalue weighted by atomic mass is 16.5. The molecule has 182 valence electrons. The van der Waals surface area contributed by atoms with E-state index >= 15 is 0 Å². The van der Waals surface area contributed by atoms with Gasteiger partial charge < -0.3 is 15.0 Å². The van der Waals surface area contributed by atoms with Crippen LogP contribution in [0.15, 0.2) is 85.2 Å².